The molecule has 4 nitrogen and oxygen atoms in total. The summed E-state index contributed by atoms with van der Waals surface area (Å²) < 4.78 is 5.56. The van der Waals surface area contributed by atoms with Crippen LogP contribution in [0.4, 0.5) is 0 Å². The summed E-state index contributed by atoms with van der Waals surface area (Å²) in [5.41, 5.74) is 2.57. The predicted molar refractivity (Wildman–Crippen MR) is 99.4 cm³/mol. The quantitative estimate of drug-likeness (QED) is 0.764. The van der Waals surface area contributed by atoms with Crippen LogP contribution in [0.3, 0.4) is 0 Å². The monoisotopic (exact) mass is 334 g/mol. The number of nitrogens with one attached hydrogen (secondary N) is 1. The van der Waals surface area contributed by atoms with E-state index < -0.39 is 0 Å². The van der Waals surface area contributed by atoms with Gasteiger partial charge in [-0.2, -0.15) is 0 Å². The molecule has 2 N–H and O–H groups in total. The van der Waals surface area contributed by atoms with Gasteiger partial charge in [0.2, 0.25) is 0 Å². The lowest BCUT2D eigenvalue weighted by atomic mass is 9.92. The molecule has 1 aliphatic carbocycles. The molecule has 0 bridgehead atoms. The Balaban J connectivity index is 2.06. The molecule has 1 unspecified atom stereocenters. The lowest BCUT2D eigenvalue weighted by Crippen LogP contribution is -2.36. The van der Waals surface area contributed by atoms with Crippen LogP contribution in [0.1, 0.15) is 63.6 Å². The van der Waals surface area contributed by atoms with Crippen molar-refractivity contribution in [3.05, 3.63) is 29.3 Å². The summed E-state index contributed by atoms with van der Waals surface area (Å²) in [6.45, 7) is 9.63. The van der Waals surface area contributed by atoms with Crippen LogP contribution in [0.25, 0.3) is 0 Å². The molecule has 1 aromatic rings. The fraction of sp³-hybridized carbons (Fsp3) is 0.700. The van der Waals surface area contributed by atoms with Crippen LogP contribution in [0, 0.1) is 0 Å². The van der Waals surface area contributed by atoms with Crippen LogP contribution >= 0.6 is 0 Å². The van der Waals surface area contributed by atoms with Gasteiger partial charge in [-0.3, -0.25) is 4.90 Å². The van der Waals surface area contributed by atoms with E-state index in [4.69, 9.17) is 4.74 Å². The van der Waals surface area contributed by atoms with Crippen LogP contribution in [0.15, 0.2) is 18.2 Å². The van der Waals surface area contributed by atoms with Gasteiger partial charge in [-0.1, -0.05) is 19.9 Å². The van der Waals surface area contributed by atoms with Crippen molar-refractivity contribution in [3.63, 3.8) is 0 Å². The van der Waals surface area contributed by atoms with Crippen molar-refractivity contribution in [2.24, 2.45) is 0 Å². The fourth-order valence-corrected chi connectivity index (χ4v) is 3.57. The summed E-state index contributed by atoms with van der Waals surface area (Å²) in [7, 11) is 1.75. The lowest BCUT2D eigenvalue weighted by molar-refractivity contribution is 0.114. The van der Waals surface area contributed by atoms with Crippen molar-refractivity contribution >= 4 is 0 Å². The Hall–Kier alpha value is -1.10. The Labute approximate surface area is 147 Å². The second-order valence-corrected chi connectivity index (χ2v) is 6.93. The van der Waals surface area contributed by atoms with E-state index in [1.54, 1.807) is 7.11 Å². The van der Waals surface area contributed by atoms with E-state index in [1.807, 2.05) is 0 Å². The Morgan fingerprint density at radius 3 is 2.46 bits per heavy atom. The van der Waals surface area contributed by atoms with Gasteiger partial charge in [0.15, 0.2) is 0 Å². The third-order valence-electron chi connectivity index (χ3n) is 5.28. The number of aliphatic hydroxyl groups excluding tert-OH is 1. The molecular weight excluding hydrogens is 300 g/mol. The molecule has 0 heterocycles. The Morgan fingerprint density at radius 1 is 1.21 bits per heavy atom. The van der Waals surface area contributed by atoms with Gasteiger partial charge in [-0.25, -0.2) is 0 Å². The minimum atomic E-state index is -0.0972. The average molecular weight is 335 g/mol. The fourth-order valence-electron chi connectivity index (χ4n) is 3.57. The molecule has 0 radical (unpaired) electrons. The van der Waals surface area contributed by atoms with Crippen molar-refractivity contribution in [3.8, 4) is 5.75 Å². The highest BCUT2D eigenvalue weighted by Crippen LogP contribution is 2.26. The van der Waals surface area contributed by atoms with E-state index in [9.17, 15) is 5.11 Å². The maximum absolute atomic E-state index is 9.66. The molecule has 2 rings (SSSR count). The van der Waals surface area contributed by atoms with Gasteiger partial charge in [0.05, 0.1) is 13.2 Å². The Bertz CT molecular complexity index is 494. The van der Waals surface area contributed by atoms with Gasteiger partial charge in [0.25, 0.3) is 0 Å². The number of nitrogens with zero attached hydrogens (tertiary/aromatic N) is 1. The minimum Gasteiger partial charge on any atom is -0.496 e. The molecule has 1 aliphatic rings. The summed E-state index contributed by atoms with van der Waals surface area (Å²) in [6.07, 6.45) is 3.86. The zero-order valence-electron chi connectivity index (χ0n) is 15.7. The first kappa shape index (κ1) is 19.2. The third-order valence-corrected chi connectivity index (χ3v) is 5.28. The van der Waals surface area contributed by atoms with Gasteiger partial charge >= 0.3 is 0 Å². The minimum absolute atomic E-state index is 0.0972. The van der Waals surface area contributed by atoms with Crippen LogP contribution < -0.4 is 10.1 Å². The molecule has 0 aromatic heterocycles. The SMILES string of the molecule is CCN(CC)Cc1cc(C(C)NC2CCC(O)CC2)ccc1OC. The van der Waals surface area contributed by atoms with Crippen LogP contribution in [-0.4, -0.2) is 42.4 Å². The maximum Gasteiger partial charge on any atom is 0.123 e. The highest BCUT2D eigenvalue weighted by molar-refractivity contribution is 5.38. The molecular formula is C20H34N2O2. The smallest absolute Gasteiger partial charge is 0.123 e. The molecule has 1 atom stereocenters. The number of methoxy groups -OCH3 is 1. The molecule has 0 aliphatic heterocycles. The summed E-state index contributed by atoms with van der Waals surface area (Å²) in [4.78, 5) is 2.41. The molecule has 0 saturated heterocycles. The lowest BCUT2D eigenvalue weighted by Gasteiger charge is -2.29. The summed E-state index contributed by atoms with van der Waals surface area (Å²) in [5, 5.41) is 13.4. The van der Waals surface area contributed by atoms with E-state index in [1.165, 1.54) is 11.1 Å². The van der Waals surface area contributed by atoms with Gasteiger partial charge in [-0.05, 0) is 63.4 Å². The normalized spacial score (nSPS) is 22.6. The third kappa shape index (κ3) is 5.20. The molecule has 4 heteroatoms. The van der Waals surface area contributed by atoms with E-state index in [0.717, 1.165) is 51.1 Å². The van der Waals surface area contributed by atoms with Crippen LogP contribution in [0.5, 0.6) is 5.75 Å². The second-order valence-electron chi connectivity index (χ2n) is 6.93. The van der Waals surface area contributed by atoms with E-state index in [0.29, 0.717) is 12.1 Å². The largest absolute Gasteiger partial charge is 0.496 e. The highest BCUT2D eigenvalue weighted by atomic mass is 16.5. The summed E-state index contributed by atoms with van der Waals surface area (Å²) in [5.74, 6) is 0.971. The maximum atomic E-state index is 9.66. The number of hydrogen-bond acceptors (Lipinski definition) is 4. The predicted octanol–water partition coefficient (Wildman–Crippen LogP) is 3.49. The van der Waals surface area contributed by atoms with Gasteiger partial charge in [-0.15, -0.1) is 0 Å². The molecule has 1 fully saturated rings. The molecule has 24 heavy (non-hydrogen) atoms. The van der Waals surface area contributed by atoms with Crippen LogP contribution in [-0.2, 0) is 6.54 Å². The highest BCUT2D eigenvalue weighted by Gasteiger charge is 2.21. The molecule has 1 aromatic carbocycles. The summed E-state index contributed by atoms with van der Waals surface area (Å²) in [6, 6.07) is 7.37. The number of ether oxygens (including phenoxy) is 1. The molecule has 0 spiro atoms. The van der Waals surface area contributed by atoms with Crippen molar-refractivity contribution in [2.75, 3.05) is 20.2 Å². The first-order chi connectivity index (χ1) is 11.6. The molecule has 1 saturated carbocycles. The van der Waals surface area contributed by atoms with Gasteiger partial charge < -0.3 is 15.2 Å². The molecule has 0 amide bonds. The first-order valence-corrected chi connectivity index (χ1v) is 9.40. The zero-order valence-corrected chi connectivity index (χ0v) is 15.7. The van der Waals surface area contributed by atoms with Crippen molar-refractivity contribution in [1.82, 2.24) is 10.2 Å². The van der Waals surface area contributed by atoms with E-state index >= 15 is 0 Å². The standard InChI is InChI=1S/C20H34N2O2/c1-5-22(6-2)14-17-13-16(7-12-20(17)24-4)15(3)21-18-8-10-19(23)11-9-18/h7,12-13,15,18-19,21,23H,5-6,8-11,14H2,1-4H3. The topological polar surface area (TPSA) is 44.7 Å². The number of benzene rings is 1. The number of aliphatic hydroxyl groups is 1. The second kappa shape index (κ2) is 9.40. The van der Waals surface area contributed by atoms with Crippen molar-refractivity contribution in [1.29, 1.82) is 0 Å². The summed E-state index contributed by atoms with van der Waals surface area (Å²) >= 11 is 0. The van der Waals surface area contributed by atoms with Gasteiger partial charge in [0, 0.05) is 24.2 Å². The van der Waals surface area contributed by atoms with E-state index in [2.05, 4.69) is 49.2 Å². The van der Waals surface area contributed by atoms with Crippen LogP contribution in [0.2, 0.25) is 0 Å². The molecule has 136 valence electrons. The Kier molecular flexibility index (Phi) is 7.53. The number of hydrogen-bond donors (Lipinski definition) is 2. The zero-order chi connectivity index (χ0) is 17.5. The number of rotatable bonds is 8. The Morgan fingerprint density at radius 2 is 1.88 bits per heavy atom. The van der Waals surface area contributed by atoms with E-state index in [-0.39, 0.29) is 6.10 Å². The first-order valence-electron chi connectivity index (χ1n) is 9.40. The van der Waals surface area contributed by atoms with Crippen molar-refractivity contribution < 1.29 is 9.84 Å². The van der Waals surface area contributed by atoms with Crippen molar-refractivity contribution in [2.45, 2.75) is 71.2 Å². The average Bonchev–Trinajstić information content (AvgIpc) is 2.61. The van der Waals surface area contributed by atoms with Gasteiger partial charge in [0.1, 0.15) is 5.75 Å².